The van der Waals surface area contributed by atoms with Crippen molar-refractivity contribution in [3.63, 3.8) is 0 Å². The van der Waals surface area contributed by atoms with Crippen LogP contribution in [0.15, 0.2) is 12.3 Å². The van der Waals surface area contributed by atoms with E-state index in [0.29, 0.717) is 11.3 Å². The number of hydrogen-bond donors (Lipinski definition) is 0. The standard InChI is InChI=1S/C9H11NO2/c1-6-9(12-3)4-8(5-10-6)7(2)11/h4-5H,1-3H3. The van der Waals surface area contributed by atoms with Gasteiger partial charge in [-0.25, -0.2) is 0 Å². The van der Waals surface area contributed by atoms with Crippen LogP contribution in [0.4, 0.5) is 0 Å². The molecule has 3 nitrogen and oxygen atoms in total. The van der Waals surface area contributed by atoms with Gasteiger partial charge in [-0.3, -0.25) is 9.78 Å². The lowest BCUT2D eigenvalue weighted by Gasteiger charge is -2.03. The molecule has 0 radical (unpaired) electrons. The number of hydrogen-bond acceptors (Lipinski definition) is 3. The zero-order valence-electron chi connectivity index (χ0n) is 7.42. The second-order valence-corrected chi connectivity index (χ2v) is 2.57. The summed E-state index contributed by atoms with van der Waals surface area (Å²) in [4.78, 5) is 15.0. The monoisotopic (exact) mass is 165 g/mol. The number of rotatable bonds is 2. The Morgan fingerprint density at radius 2 is 2.25 bits per heavy atom. The zero-order valence-corrected chi connectivity index (χ0v) is 7.42. The maximum absolute atomic E-state index is 10.9. The van der Waals surface area contributed by atoms with E-state index in [1.165, 1.54) is 6.92 Å². The van der Waals surface area contributed by atoms with Crippen LogP contribution >= 0.6 is 0 Å². The van der Waals surface area contributed by atoms with Crippen molar-refractivity contribution in [2.45, 2.75) is 13.8 Å². The van der Waals surface area contributed by atoms with Gasteiger partial charge in [0.1, 0.15) is 5.75 Å². The van der Waals surface area contributed by atoms with Crippen LogP contribution < -0.4 is 4.74 Å². The molecule has 0 aromatic carbocycles. The van der Waals surface area contributed by atoms with E-state index < -0.39 is 0 Å². The number of aromatic nitrogens is 1. The largest absolute Gasteiger partial charge is 0.495 e. The molecule has 0 fully saturated rings. The lowest BCUT2D eigenvalue weighted by Crippen LogP contribution is -1.97. The predicted molar refractivity (Wildman–Crippen MR) is 45.5 cm³/mol. The van der Waals surface area contributed by atoms with E-state index in [2.05, 4.69) is 4.98 Å². The van der Waals surface area contributed by atoms with E-state index in [1.54, 1.807) is 19.4 Å². The zero-order chi connectivity index (χ0) is 9.14. The smallest absolute Gasteiger partial charge is 0.161 e. The van der Waals surface area contributed by atoms with Crippen LogP contribution in [0.2, 0.25) is 0 Å². The Morgan fingerprint density at radius 3 is 2.75 bits per heavy atom. The van der Waals surface area contributed by atoms with Gasteiger partial charge < -0.3 is 4.74 Å². The minimum atomic E-state index is 0.000741. The molecule has 0 aliphatic heterocycles. The third-order valence-corrected chi connectivity index (χ3v) is 1.67. The first-order chi connectivity index (χ1) is 5.65. The molecule has 0 unspecified atom stereocenters. The summed E-state index contributed by atoms with van der Waals surface area (Å²) >= 11 is 0. The van der Waals surface area contributed by atoms with Crippen molar-refractivity contribution in [3.8, 4) is 5.75 Å². The highest BCUT2D eigenvalue weighted by Gasteiger charge is 2.04. The van der Waals surface area contributed by atoms with Crippen LogP contribution in [0, 0.1) is 6.92 Å². The fourth-order valence-corrected chi connectivity index (χ4v) is 0.912. The number of pyridine rings is 1. The molecule has 0 amide bonds. The van der Waals surface area contributed by atoms with Crippen LogP contribution in [0.3, 0.4) is 0 Å². The molecule has 0 aliphatic carbocycles. The molecule has 0 atom stereocenters. The van der Waals surface area contributed by atoms with Gasteiger partial charge in [0.2, 0.25) is 0 Å². The molecule has 64 valence electrons. The first-order valence-electron chi connectivity index (χ1n) is 3.66. The maximum Gasteiger partial charge on any atom is 0.161 e. The van der Waals surface area contributed by atoms with Crippen LogP contribution in [0.1, 0.15) is 23.0 Å². The van der Waals surface area contributed by atoms with Crippen LogP contribution in [-0.2, 0) is 0 Å². The molecule has 0 aliphatic rings. The second-order valence-electron chi connectivity index (χ2n) is 2.57. The normalized spacial score (nSPS) is 9.58. The number of aryl methyl sites for hydroxylation is 1. The minimum absolute atomic E-state index is 0.000741. The summed E-state index contributed by atoms with van der Waals surface area (Å²) in [5.74, 6) is 0.656. The van der Waals surface area contributed by atoms with Crippen LogP contribution in [0.5, 0.6) is 5.75 Å². The van der Waals surface area contributed by atoms with E-state index in [4.69, 9.17) is 4.74 Å². The first-order valence-corrected chi connectivity index (χ1v) is 3.66. The molecule has 1 aromatic rings. The number of nitrogens with zero attached hydrogens (tertiary/aromatic N) is 1. The Bertz CT molecular complexity index is 307. The van der Waals surface area contributed by atoms with Crippen molar-refractivity contribution in [1.29, 1.82) is 0 Å². The maximum atomic E-state index is 10.9. The molecule has 0 saturated heterocycles. The average molecular weight is 165 g/mol. The SMILES string of the molecule is COc1cc(C(C)=O)cnc1C. The van der Waals surface area contributed by atoms with E-state index >= 15 is 0 Å². The lowest BCUT2D eigenvalue weighted by atomic mass is 10.2. The molecule has 0 saturated carbocycles. The molecule has 1 rings (SSSR count). The Morgan fingerprint density at radius 1 is 1.58 bits per heavy atom. The highest BCUT2D eigenvalue weighted by atomic mass is 16.5. The molecule has 1 heterocycles. The number of Topliss-reactive ketones (excluding diaryl/α,β-unsaturated/α-hetero) is 1. The summed E-state index contributed by atoms with van der Waals surface area (Å²) < 4.78 is 5.02. The summed E-state index contributed by atoms with van der Waals surface area (Å²) in [6, 6.07) is 1.70. The average Bonchev–Trinajstić information content (AvgIpc) is 2.05. The number of carbonyl (C=O) groups excluding carboxylic acids is 1. The second kappa shape index (κ2) is 3.34. The molecular weight excluding hydrogens is 154 g/mol. The lowest BCUT2D eigenvalue weighted by molar-refractivity contribution is 0.101. The number of carbonyl (C=O) groups is 1. The van der Waals surface area contributed by atoms with E-state index in [0.717, 1.165) is 5.69 Å². The summed E-state index contributed by atoms with van der Waals surface area (Å²) in [5, 5.41) is 0. The Hall–Kier alpha value is -1.38. The highest BCUT2D eigenvalue weighted by Crippen LogP contribution is 2.16. The van der Waals surface area contributed by atoms with Crippen molar-refractivity contribution >= 4 is 5.78 Å². The molecule has 3 heteroatoms. The minimum Gasteiger partial charge on any atom is -0.495 e. The van der Waals surface area contributed by atoms with Gasteiger partial charge in [-0.1, -0.05) is 0 Å². The Labute approximate surface area is 71.4 Å². The molecule has 1 aromatic heterocycles. The molecule has 0 spiro atoms. The number of methoxy groups -OCH3 is 1. The van der Waals surface area contributed by atoms with Gasteiger partial charge in [0.05, 0.1) is 12.8 Å². The molecule has 0 bridgehead atoms. The van der Waals surface area contributed by atoms with Gasteiger partial charge in [-0.05, 0) is 19.9 Å². The van der Waals surface area contributed by atoms with Gasteiger partial charge in [0.25, 0.3) is 0 Å². The third kappa shape index (κ3) is 1.61. The van der Waals surface area contributed by atoms with Gasteiger partial charge in [0.15, 0.2) is 5.78 Å². The summed E-state index contributed by atoms with van der Waals surface area (Å²) in [6.07, 6.45) is 1.56. The number of ketones is 1. The van der Waals surface area contributed by atoms with Gasteiger partial charge in [-0.15, -0.1) is 0 Å². The van der Waals surface area contributed by atoms with Gasteiger partial charge in [-0.2, -0.15) is 0 Å². The molecule has 0 N–H and O–H groups in total. The number of ether oxygens (including phenoxy) is 1. The Balaban J connectivity index is 3.13. The first kappa shape index (κ1) is 8.71. The molecule has 12 heavy (non-hydrogen) atoms. The van der Waals surface area contributed by atoms with Crippen molar-refractivity contribution in [2.24, 2.45) is 0 Å². The summed E-state index contributed by atoms with van der Waals surface area (Å²) in [7, 11) is 1.56. The third-order valence-electron chi connectivity index (χ3n) is 1.67. The fraction of sp³-hybridized carbons (Fsp3) is 0.333. The molecular formula is C9H11NO2. The van der Waals surface area contributed by atoms with E-state index in [-0.39, 0.29) is 5.78 Å². The van der Waals surface area contributed by atoms with Crippen molar-refractivity contribution in [1.82, 2.24) is 4.98 Å². The van der Waals surface area contributed by atoms with Crippen LogP contribution in [-0.4, -0.2) is 17.9 Å². The van der Waals surface area contributed by atoms with E-state index in [9.17, 15) is 4.79 Å². The Kier molecular flexibility index (Phi) is 2.43. The topological polar surface area (TPSA) is 39.2 Å². The van der Waals surface area contributed by atoms with Crippen LogP contribution in [0.25, 0.3) is 0 Å². The van der Waals surface area contributed by atoms with E-state index in [1.807, 2.05) is 6.92 Å². The van der Waals surface area contributed by atoms with Gasteiger partial charge >= 0.3 is 0 Å². The van der Waals surface area contributed by atoms with Crippen molar-refractivity contribution in [2.75, 3.05) is 7.11 Å². The van der Waals surface area contributed by atoms with Gasteiger partial charge in [0, 0.05) is 11.8 Å². The van der Waals surface area contributed by atoms with Crippen molar-refractivity contribution in [3.05, 3.63) is 23.5 Å². The summed E-state index contributed by atoms with van der Waals surface area (Å²) in [5.41, 5.74) is 1.37. The predicted octanol–water partition coefficient (Wildman–Crippen LogP) is 1.60. The quantitative estimate of drug-likeness (QED) is 0.625. The summed E-state index contributed by atoms with van der Waals surface area (Å²) in [6.45, 7) is 3.34. The highest BCUT2D eigenvalue weighted by molar-refractivity contribution is 5.94. The van der Waals surface area contributed by atoms with Crippen molar-refractivity contribution < 1.29 is 9.53 Å². The fourth-order valence-electron chi connectivity index (χ4n) is 0.912.